The lowest BCUT2D eigenvalue weighted by Gasteiger charge is -2.23. The van der Waals surface area contributed by atoms with E-state index >= 15 is 0 Å². The quantitative estimate of drug-likeness (QED) is 0.451. The summed E-state index contributed by atoms with van der Waals surface area (Å²) in [5, 5.41) is 6.39. The van der Waals surface area contributed by atoms with Gasteiger partial charge in [-0.3, -0.25) is 20.1 Å². The minimum atomic E-state index is -0.430. The molecule has 0 saturated carbocycles. The number of hydrogen-bond donors (Lipinski definition) is 2. The van der Waals surface area contributed by atoms with E-state index in [-0.39, 0.29) is 12.3 Å². The van der Waals surface area contributed by atoms with Crippen molar-refractivity contribution in [2.75, 3.05) is 36.0 Å². The van der Waals surface area contributed by atoms with Crippen LogP contribution < -0.4 is 20.4 Å². The van der Waals surface area contributed by atoms with Gasteiger partial charge in [-0.1, -0.05) is 18.3 Å². The Kier molecular flexibility index (Phi) is 6.58. The van der Waals surface area contributed by atoms with Crippen molar-refractivity contribution in [2.45, 2.75) is 18.7 Å². The second-order valence-electron chi connectivity index (χ2n) is 7.10. The minimum Gasteiger partial charge on any atom is -0.447 e. The molecule has 0 aliphatic carbocycles. The zero-order valence-corrected chi connectivity index (χ0v) is 17.6. The van der Waals surface area contributed by atoms with Crippen LogP contribution in [0, 0.1) is 0 Å². The van der Waals surface area contributed by atoms with Crippen LogP contribution in [0.1, 0.15) is 5.69 Å². The van der Waals surface area contributed by atoms with Crippen LogP contribution in [-0.2, 0) is 15.9 Å². The Balaban J connectivity index is 1.37. The first-order chi connectivity index (χ1) is 15.2. The molecule has 2 atom stereocenters. The highest BCUT2D eigenvalue weighted by Gasteiger charge is 2.37. The third-order valence-corrected chi connectivity index (χ3v) is 5.30. The summed E-state index contributed by atoms with van der Waals surface area (Å²) >= 11 is 4.95. The van der Waals surface area contributed by atoms with Gasteiger partial charge in [-0.25, -0.2) is 9.59 Å². The molecule has 2 aliphatic rings. The molecular formula is C21H23N5O4S. The molecule has 2 aliphatic heterocycles. The highest BCUT2D eigenvalue weighted by molar-refractivity contribution is 7.78. The van der Waals surface area contributed by atoms with Crippen molar-refractivity contribution in [2.24, 2.45) is 0 Å². The summed E-state index contributed by atoms with van der Waals surface area (Å²) in [4.78, 5) is 31.6. The number of thiocarbonyl (C=S) groups is 1. The molecule has 2 fully saturated rings. The summed E-state index contributed by atoms with van der Waals surface area (Å²) in [7, 11) is 0. The van der Waals surface area contributed by atoms with Crippen LogP contribution in [0.25, 0.3) is 0 Å². The van der Waals surface area contributed by atoms with E-state index in [0.29, 0.717) is 31.9 Å². The van der Waals surface area contributed by atoms with Crippen LogP contribution in [0.4, 0.5) is 21.0 Å². The van der Waals surface area contributed by atoms with Crippen molar-refractivity contribution >= 4 is 41.3 Å². The molecule has 1 unspecified atom stereocenters. The third-order valence-electron chi connectivity index (χ3n) is 5.16. The molecule has 1 aromatic heterocycles. The van der Waals surface area contributed by atoms with Gasteiger partial charge in [0.1, 0.15) is 12.8 Å². The summed E-state index contributed by atoms with van der Waals surface area (Å²) < 4.78 is 10.6. The highest BCUT2D eigenvalue weighted by Crippen LogP contribution is 2.26. The average Bonchev–Trinajstić information content (AvgIpc) is 3.39. The van der Waals surface area contributed by atoms with Crippen molar-refractivity contribution in [3.05, 3.63) is 54.4 Å². The molecule has 10 heteroatoms. The molecule has 2 N–H and O–H groups in total. The number of cyclic esters (lactones) is 2. The van der Waals surface area contributed by atoms with Crippen molar-refractivity contribution < 1.29 is 19.1 Å². The zero-order chi connectivity index (χ0) is 21.6. The van der Waals surface area contributed by atoms with E-state index in [9.17, 15) is 9.59 Å². The Labute approximate surface area is 185 Å². The Morgan fingerprint density at radius 3 is 2.55 bits per heavy atom. The fourth-order valence-corrected chi connectivity index (χ4v) is 3.73. The van der Waals surface area contributed by atoms with E-state index in [4.69, 9.17) is 21.7 Å². The highest BCUT2D eigenvalue weighted by atomic mass is 32.1. The number of benzene rings is 1. The summed E-state index contributed by atoms with van der Waals surface area (Å²) in [6, 6.07) is 13.0. The van der Waals surface area contributed by atoms with Gasteiger partial charge in [-0.05, 0) is 36.4 Å². The summed E-state index contributed by atoms with van der Waals surface area (Å²) in [5.74, 6) is 0. The third kappa shape index (κ3) is 4.92. The number of carbonyl (C=O) groups excluding carboxylic acids is 2. The number of hydrogen-bond acceptors (Lipinski definition) is 7. The average molecular weight is 442 g/mol. The number of carbonyl (C=O) groups is 2. The number of nitrogens with one attached hydrogen (secondary N) is 2. The Morgan fingerprint density at radius 1 is 1.13 bits per heavy atom. The number of ether oxygens (including phenoxy) is 2. The fraction of sp³-hybridized carbons (Fsp3) is 0.333. The first kappa shape index (κ1) is 21.0. The molecule has 2 aromatic rings. The summed E-state index contributed by atoms with van der Waals surface area (Å²) in [6.45, 7) is 1.90. The summed E-state index contributed by atoms with van der Waals surface area (Å²) in [5.41, 5.74) is 3.81. The predicted octanol–water partition coefficient (Wildman–Crippen LogP) is 2.07. The number of pyridine rings is 1. The van der Waals surface area contributed by atoms with Crippen LogP contribution in [0.3, 0.4) is 0 Å². The fourth-order valence-electron chi connectivity index (χ4n) is 3.58. The van der Waals surface area contributed by atoms with Crippen molar-refractivity contribution in [3.8, 4) is 0 Å². The first-order valence-corrected chi connectivity index (χ1v) is 10.5. The molecule has 2 saturated heterocycles. The molecule has 31 heavy (non-hydrogen) atoms. The first-order valence-electron chi connectivity index (χ1n) is 10.0. The van der Waals surface area contributed by atoms with Crippen molar-refractivity contribution in [3.63, 3.8) is 0 Å². The second-order valence-corrected chi connectivity index (χ2v) is 7.34. The van der Waals surface area contributed by atoms with Crippen LogP contribution in [0.15, 0.2) is 48.7 Å². The van der Waals surface area contributed by atoms with Gasteiger partial charge in [0.05, 0.1) is 18.6 Å². The molecule has 0 spiro atoms. The molecule has 2 amide bonds. The maximum Gasteiger partial charge on any atom is 0.414 e. The molecule has 9 nitrogen and oxygen atoms in total. The molecule has 1 aromatic carbocycles. The second kappa shape index (κ2) is 9.71. The van der Waals surface area contributed by atoms with Gasteiger partial charge in [-0.2, -0.15) is 0 Å². The van der Waals surface area contributed by atoms with Gasteiger partial charge in [-0.15, -0.1) is 0 Å². The van der Waals surface area contributed by atoms with Gasteiger partial charge >= 0.3 is 12.2 Å². The molecule has 0 bridgehead atoms. The van der Waals surface area contributed by atoms with Gasteiger partial charge in [0.25, 0.3) is 0 Å². The number of aromatic nitrogens is 1. The summed E-state index contributed by atoms with van der Waals surface area (Å²) in [6.07, 6.45) is 0.954. The topological polar surface area (TPSA) is 96.0 Å². The Bertz CT molecular complexity index is 927. The lowest BCUT2D eigenvalue weighted by Crippen LogP contribution is -2.52. The van der Waals surface area contributed by atoms with E-state index in [1.54, 1.807) is 40.3 Å². The van der Waals surface area contributed by atoms with E-state index in [0.717, 1.165) is 17.8 Å². The minimum absolute atomic E-state index is 0.325. The van der Waals surface area contributed by atoms with Gasteiger partial charge in [0.15, 0.2) is 6.10 Å². The SMILES string of the molecule is O=C1OCCN1c1ccc(N2C[C@@H](C(NC=S)NCCc3ccccn3)OC2=O)cc1. The monoisotopic (exact) mass is 441 g/mol. The van der Waals surface area contributed by atoms with E-state index < -0.39 is 12.2 Å². The smallest absolute Gasteiger partial charge is 0.414 e. The predicted molar refractivity (Wildman–Crippen MR) is 119 cm³/mol. The maximum atomic E-state index is 12.5. The Hall–Kier alpha value is -3.24. The lowest BCUT2D eigenvalue weighted by molar-refractivity contribution is 0.113. The molecule has 4 rings (SSSR count). The zero-order valence-electron chi connectivity index (χ0n) is 16.8. The molecule has 162 valence electrons. The van der Waals surface area contributed by atoms with Gasteiger partial charge in [0, 0.05) is 36.2 Å². The Morgan fingerprint density at radius 2 is 1.90 bits per heavy atom. The van der Waals surface area contributed by atoms with Crippen LogP contribution in [0.2, 0.25) is 0 Å². The molecule has 3 heterocycles. The lowest BCUT2D eigenvalue weighted by atomic mass is 10.2. The van der Waals surface area contributed by atoms with E-state index in [1.165, 1.54) is 5.49 Å². The van der Waals surface area contributed by atoms with Crippen LogP contribution in [0.5, 0.6) is 0 Å². The maximum absolute atomic E-state index is 12.5. The van der Waals surface area contributed by atoms with Crippen molar-refractivity contribution in [1.29, 1.82) is 0 Å². The number of nitrogens with zero attached hydrogens (tertiary/aromatic N) is 3. The van der Waals surface area contributed by atoms with E-state index in [1.807, 2.05) is 18.2 Å². The van der Waals surface area contributed by atoms with Crippen LogP contribution in [-0.4, -0.2) is 61.2 Å². The van der Waals surface area contributed by atoms with Gasteiger partial charge in [0.2, 0.25) is 0 Å². The number of rotatable bonds is 9. The number of amides is 2. The molecule has 0 radical (unpaired) electrons. The van der Waals surface area contributed by atoms with E-state index in [2.05, 4.69) is 15.6 Å². The van der Waals surface area contributed by atoms with Crippen LogP contribution >= 0.6 is 12.2 Å². The number of anilines is 2. The standard InChI is InChI=1S/C21H23N5O4S/c27-20-25(11-12-29-20)16-4-6-17(7-5-16)26-13-18(30-21(26)28)19(24-14-31)23-10-8-15-3-1-2-9-22-15/h1-7,9,14,18-19,23H,8,10-13H2,(H,24,31)/t18-,19?/m0/s1. The van der Waals surface area contributed by atoms with Gasteiger partial charge < -0.3 is 14.8 Å². The van der Waals surface area contributed by atoms with Crippen molar-refractivity contribution in [1.82, 2.24) is 15.6 Å². The normalized spacial score (nSPS) is 19.2. The molecular weight excluding hydrogens is 418 g/mol. The largest absolute Gasteiger partial charge is 0.447 e.